The van der Waals surface area contributed by atoms with Crippen LogP contribution in [0.15, 0.2) is 23.1 Å². The van der Waals surface area contributed by atoms with E-state index in [0.29, 0.717) is 11.4 Å². The molecular formula is C14H24N2O3S. The van der Waals surface area contributed by atoms with Crippen LogP contribution in [0.25, 0.3) is 0 Å². The second kappa shape index (κ2) is 7.50. The van der Waals surface area contributed by atoms with E-state index in [4.69, 9.17) is 10.5 Å². The van der Waals surface area contributed by atoms with Gasteiger partial charge in [-0.25, -0.2) is 13.1 Å². The third-order valence-electron chi connectivity index (χ3n) is 3.11. The number of sulfonamides is 1. The van der Waals surface area contributed by atoms with Crippen molar-refractivity contribution < 1.29 is 13.2 Å². The fourth-order valence-corrected chi connectivity index (χ4v) is 3.24. The van der Waals surface area contributed by atoms with Gasteiger partial charge in [0.25, 0.3) is 0 Å². The Morgan fingerprint density at radius 3 is 2.65 bits per heavy atom. The van der Waals surface area contributed by atoms with Gasteiger partial charge < -0.3 is 10.5 Å². The lowest BCUT2D eigenvalue weighted by molar-refractivity contribution is 0.415. The van der Waals surface area contributed by atoms with Gasteiger partial charge >= 0.3 is 0 Å². The number of hydrogen-bond acceptors (Lipinski definition) is 4. The number of hydrogen-bond donors (Lipinski definition) is 2. The van der Waals surface area contributed by atoms with Crippen LogP contribution < -0.4 is 15.2 Å². The van der Waals surface area contributed by atoms with Crippen molar-refractivity contribution in [1.82, 2.24) is 4.72 Å². The maximum absolute atomic E-state index is 12.2. The van der Waals surface area contributed by atoms with E-state index in [0.717, 1.165) is 25.7 Å². The molecule has 0 spiro atoms. The van der Waals surface area contributed by atoms with Gasteiger partial charge in [0.2, 0.25) is 10.0 Å². The Morgan fingerprint density at radius 2 is 2.05 bits per heavy atom. The molecule has 0 bridgehead atoms. The number of methoxy groups -OCH3 is 1. The molecule has 6 heteroatoms. The second-order valence-electron chi connectivity index (χ2n) is 4.92. The summed E-state index contributed by atoms with van der Waals surface area (Å²) in [6.07, 6.45) is 4.08. The van der Waals surface area contributed by atoms with Crippen molar-refractivity contribution in [3.8, 4) is 5.75 Å². The van der Waals surface area contributed by atoms with Crippen LogP contribution >= 0.6 is 0 Å². The molecule has 0 fully saturated rings. The lowest BCUT2D eigenvalue weighted by Crippen LogP contribution is -2.32. The summed E-state index contributed by atoms with van der Waals surface area (Å²) in [5, 5.41) is 0. The molecule has 0 radical (unpaired) electrons. The van der Waals surface area contributed by atoms with Crippen molar-refractivity contribution in [1.29, 1.82) is 0 Å². The molecule has 1 aromatic carbocycles. The Kier molecular flexibility index (Phi) is 6.29. The second-order valence-corrected chi connectivity index (χ2v) is 6.64. The van der Waals surface area contributed by atoms with Gasteiger partial charge in [-0.1, -0.05) is 26.2 Å². The van der Waals surface area contributed by atoms with Gasteiger partial charge in [-0.05, 0) is 25.5 Å². The molecular weight excluding hydrogens is 276 g/mol. The fourth-order valence-electron chi connectivity index (χ4n) is 1.95. The summed E-state index contributed by atoms with van der Waals surface area (Å²) in [6.45, 7) is 4.00. The third-order valence-corrected chi connectivity index (χ3v) is 4.70. The minimum Gasteiger partial charge on any atom is -0.495 e. The Hall–Kier alpha value is -1.27. The zero-order valence-electron chi connectivity index (χ0n) is 12.3. The zero-order valence-corrected chi connectivity index (χ0v) is 13.2. The lowest BCUT2D eigenvalue weighted by atomic mass is 10.1. The number of benzene rings is 1. The standard InChI is InChI=1S/C14H24N2O3S/c1-4-5-6-7-11(2)16-20(17,18)12-8-9-13(15)14(10-12)19-3/h8-11,16H,4-7,15H2,1-3H3. The topological polar surface area (TPSA) is 81.4 Å². The van der Waals surface area contributed by atoms with Crippen molar-refractivity contribution in [2.45, 2.75) is 50.5 Å². The number of anilines is 1. The first kappa shape index (κ1) is 16.8. The first-order valence-electron chi connectivity index (χ1n) is 6.86. The molecule has 114 valence electrons. The molecule has 1 atom stereocenters. The van der Waals surface area contributed by atoms with Crippen LogP contribution in [0, 0.1) is 0 Å². The minimum atomic E-state index is -3.53. The maximum atomic E-state index is 12.2. The molecule has 1 unspecified atom stereocenters. The summed E-state index contributed by atoms with van der Waals surface area (Å²) in [4.78, 5) is 0.172. The SMILES string of the molecule is CCCCCC(C)NS(=O)(=O)c1ccc(N)c(OC)c1. The van der Waals surface area contributed by atoms with E-state index in [1.165, 1.54) is 25.3 Å². The first-order chi connectivity index (χ1) is 9.40. The summed E-state index contributed by atoms with van der Waals surface area (Å²) in [7, 11) is -2.07. The van der Waals surface area contributed by atoms with Gasteiger partial charge in [-0.3, -0.25) is 0 Å². The van der Waals surface area contributed by atoms with Crippen molar-refractivity contribution in [3.63, 3.8) is 0 Å². The van der Waals surface area contributed by atoms with E-state index in [1.807, 2.05) is 6.92 Å². The average molecular weight is 300 g/mol. The monoisotopic (exact) mass is 300 g/mol. The Labute approximate surface area is 121 Å². The summed E-state index contributed by atoms with van der Waals surface area (Å²) in [6, 6.07) is 4.37. The molecule has 1 aromatic rings. The van der Waals surface area contributed by atoms with E-state index in [2.05, 4.69) is 11.6 Å². The predicted molar refractivity (Wildman–Crippen MR) is 81.3 cm³/mol. The molecule has 0 aliphatic carbocycles. The predicted octanol–water partition coefficient (Wildman–Crippen LogP) is 2.52. The van der Waals surface area contributed by atoms with Gasteiger partial charge in [0.1, 0.15) is 5.75 Å². The molecule has 1 rings (SSSR count). The number of nitrogens with one attached hydrogen (secondary N) is 1. The highest BCUT2D eigenvalue weighted by Crippen LogP contribution is 2.24. The fraction of sp³-hybridized carbons (Fsp3) is 0.571. The van der Waals surface area contributed by atoms with Crippen LogP contribution in [0.5, 0.6) is 5.75 Å². The van der Waals surface area contributed by atoms with Crippen LogP contribution in [0.4, 0.5) is 5.69 Å². The molecule has 0 aliphatic heterocycles. The van der Waals surface area contributed by atoms with Crippen LogP contribution in [0.2, 0.25) is 0 Å². The Bertz CT molecular complexity index is 529. The largest absolute Gasteiger partial charge is 0.495 e. The smallest absolute Gasteiger partial charge is 0.240 e. The molecule has 0 saturated heterocycles. The first-order valence-corrected chi connectivity index (χ1v) is 8.35. The molecule has 5 nitrogen and oxygen atoms in total. The van der Waals surface area contributed by atoms with Crippen molar-refractivity contribution in [2.75, 3.05) is 12.8 Å². The van der Waals surface area contributed by atoms with Crippen LogP contribution in [-0.4, -0.2) is 21.6 Å². The molecule has 0 aromatic heterocycles. The lowest BCUT2D eigenvalue weighted by Gasteiger charge is -2.15. The zero-order chi connectivity index (χ0) is 15.2. The molecule has 0 aliphatic rings. The quantitative estimate of drug-likeness (QED) is 0.571. The maximum Gasteiger partial charge on any atom is 0.240 e. The number of nitrogens with two attached hydrogens (primary N) is 1. The van der Waals surface area contributed by atoms with Crippen molar-refractivity contribution in [2.24, 2.45) is 0 Å². The summed E-state index contributed by atoms with van der Waals surface area (Å²) in [5.74, 6) is 0.367. The highest BCUT2D eigenvalue weighted by molar-refractivity contribution is 7.89. The average Bonchev–Trinajstić information content (AvgIpc) is 2.38. The van der Waals surface area contributed by atoms with Crippen LogP contribution in [0.3, 0.4) is 0 Å². The van der Waals surface area contributed by atoms with E-state index in [9.17, 15) is 8.42 Å². The van der Waals surface area contributed by atoms with Gasteiger partial charge in [0.05, 0.1) is 17.7 Å². The van der Waals surface area contributed by atoms with E-state index >= 15 is 0 Å². The number of rotatable bonds is 8. The molecule has 0 saturated carbocycles. The Morgan fingerprint density at radius 1 is 1.35 bits per heavy atom. The molecule has 3 N–H and O–H groups in total. The summed E-state index contributed by atoms with van der Waals surface area (Å²) < 4.78 is 32.2. The molecule has 0 amide bonds. The summed E-state index contributed by atoms with van der Waals surface area (Å²) in [5.41, 5.74) is 6.10. The van der Waals surface area contributed by atoms with E-state index in [1.54, 1.807) is 0 Å². The van der Waals surface area contributed by atoms with Gasteiger partial charge in [0, 0.05) is 12.1 Å². The minimum absolute atomic E-state index is 0.0879. The van der Waals surface area contributed by atoms with Crippen LogP contribution in [-0.2, 0) is 10.0 Å². The number of unbranched alkanes of at least 4 members (excludes halogenated alkanes) is 2. The highest BCUT2D eigenvalue weighted by Gasteiger charge is 2.18. The number of nitrogen functional groups attached to an aromatic ring is 1. The van der Waals surface area contributed by atoms with Crippen molar-refractivity contribution in [3.05, 3.63) is 18.2 Å². The third kappa shape index (κ3) is 4.68. The summed E-state index contributed by atoms with van der Waals surface area (Å²) >= 11 is 0. The van der Waals surface area contributed by atoms with E-state index in [-0.39, 0.29) is 10.9 Å². The van der Waals surface area contributed by atoms with Gasteiger partial charge in [-0.15, -0.1) is 0 Å². The highest BCUT2D eigenvalue weighted by atomic mass is 32.2. The van der Waals surface area contributed by atoms with E-state index < -0.39 is 10.0 Å². The van der Waals surface area contributed by atoms with Gasteiger partial charge in [-0.2, -0.15) is 0 Å². The van der Waals surface area contributed by atoms with Crippen molar-refractivity contribution >= 4 is 15.7 Å². The van der Waals surface area contributed by atoms with Gasteiger partial charge in [0.15, 0.2) is 0 Å². The normalized spacial score (nSPS) is 13.2. The number of ether oxygens (including phenoxy) is 1. The Balaban J connectivity index is 2.78. The molecule has 20 heavy (non-hydrogen) atoms. The van der Waals surface area contributed by atoms with Crippen LogP contribution in [0.1, 0.15) is 39.5 Å². The molecule has 0 heterocycles.